The van der Waals surface area contributed by atoms with E-state index in [1.54, 1.807) is 20.5 Å². The van der Waals surface area contributed by atoms with Crippen molar-refractivity contribution in [2.45, 2.75) is 6.92 Å². The fourth-order valence-electron chi connectivity index (χ4n) is 4.36. The number of nitrogens with one attached hydrogen (secondary N) is 1. The molecule has 2 aromatic carbocycles. The van der Waals surface area contributed by atoms with E-state index in [4.69, 9.17) is 14.5 Å². The number of carbonyl (C=O) groups is 1. The molecule has 0 radical (unpaired) electrons. The number of hydrogen-bond acceptors (Lipinski definition) is 7. The molecule has 1 aliphatic rings. The van der Waals surface area contributed by atoms with Crippen LogP contribution in [0.2, 0.25) is 0 Å². The number of ether oxygens (including phenoxy) is 2. The number of pyridine rings is 1. The van der Waals surface area contributed by atoms with Gasteiger partial charge in [-0.25, -0.2) is 19.7 Å². The third-order valence-electron chi connectivity index (χ3n) is 6.28. The first-order chi connectivity index (χ1) is 17.6. The van der Waals surface area contributed by atoms with Gasteiger partial charge in [-0.2, -0.15) is 0 Å². The first-order valence-electron chi connectivity index (χ1n) is 11.8. The molecule has 0 atom stereocenters. The Morgan fingerprint density at radius 3 is 2.47 bits per heavy atom. The van der Waals surface area contributed by atoms with Gasteiger partial charge >= 0.3 is 6.03 Å². The van der Waals surface area contributed by atoms with Crippen LogP contribution >= 0.6 is 0 Å². The summed E-state index contributed by atoms with van der Waals surface area (Å²) in [5.74, 6) is 2.07. The zero-order chi connectivity index (χ0) is 25.1. The van der Waals surface area contributed by atoms with Gasteiger partial charge in [0.1, 0.15) is 11.8 Å². The molecule has 0 saturated carbocycles. The molecule has 9 nitrogen and oxygen atoms in total. The molecule has 1 aliphatic heterocycles. The van der Waals surface area contributed by atoms with Gasteiger partial charge in [0.2, 0.25) is 0 Å². The van der Waals surface area contributed by atoms with Gasteiger partial charge in [-0.1, -0.05) is 12.1 Å². The number of piperazine rings is 1. The van der Waals surface area contributed by atoms with E-state index < -0.39 is 0 Å². The van der Waals surface area contributed by atoms with Crippen molar-refractivity contribution in [3.63, 3.8) is 0 Å². The highest BCUT2D eigenvalue weighted by molar-refractivity contribution is 5.90. The summed E-state index contributed by atoms with van der Waals surface area (Å²) in [4.78, 5) is 30.6. The Bertz CT molecular complexity index is 1400. The minimum Gasteiger partial charge on any atom is -0.493 e. The predicted octanol–water partition coefficient (Wildman–Crippen LogP) is 4.37. The van der Waals surface area contributed by atoms with Gasteiger partial charge in [0.05, 0.1) is 25.4 Å². The molecule has 4 aromatic rings. The normalized spacial score (nSPS) is 13.5. The molecule has 5 rings (SSSR count). The smallest absolute Gasteiger partial charge is 0.321 e. The Balaban J connectivity index is 1.35. The van der Waals surface area contributed by atoms with Gasteiger partial charge in [-0.05, 0) is 55.0 Å². The lowest BCUT2D eigenvalue weighted by atomic mass is 10.1. The second-order valence-electron chi connectivity index (χ2n) is 8.60. The van der Waals surface area contributed by atoms with Crippen molar-refractivity contribution in [3.8, 4) is 22.8 Å². The highest BCUT2D eigenvalue weighted by atomic mass is 16.5. The van der Waals surface area contributed by atoms with Gasteiger partial charge in [-0.15, -0.1) is 0 Å². The number of nitrogens with zero attached hydrogens (tertiary/aromatic N) is 5. The quantitative estimate of drug-likeness (QED) is 0.450. The zero-order valence-corrected chi connectivity index (χ0v) is 20.6. The van der Waals surface area contributed by atoms with Gasteiger partial charge in [0.25, 0.3) is 0 Å². The topological polar surface area (TPSA) is 92.7 Å². The summed E-state index contributed by atoms with van der Waals surface area (Å²) >= 11 is 0. The number of rotatable bonds is 5. The Hall–Kier alpha value is -4.40. The van der Waals surface area contributed by atoms with Gasteiger partial charge in [-0.3, -0.25) is 0 Å². The first kappa shape index (κ1) is 23.3. The molecule has 0 bridgehead atoms. The lowest BCUT2D eigenvalue weighted by Gasteiger charge is -2.35. The number of amides is 2. The third kappa shape index (κ3) is 4.72. The number of methoxy groups -OCH3 is 2. The molecule has 1 N–H and O–H groups in total. The maximum Gasteiger partial charge on any atom is 0.321 e. The van der Waals surface area contributed by atoms with Crippen LogP contribution in [0.1, 0.15) is 5.56 Å². The van der Waals surface area contributed by atoms with E-state index in [-0.39, 0.29) is 6.03 Å². The second-order valence-corrected chi connectivity index (χ2v) is 8.60. The lowest BCUT2D eigenvalue weighted by Crippen LogP contribution is -2.50. The van der Waals surface area contributed by atoms with Crippen LogP contribution in [-0.4, -0.2) is 66.3 Å². The Morgan fingerprint density at radius 2 is 1.72 bits per heavy atom. The van der Waals surface area contributed by atoms with E-state index >= 15 is 0 Å². The molecule has 9 heteroatoms. The van der Waals surface area contributed by atoms with Crippen LogP contribution < -0.4 is 19.7 Å². The number of carbonyl (C=O) groups excluding carboxylic acids is 1. The number of aromatic nitrogens is 3. The predicted molar refractivity (Wildman–Crippen MR) is 140 cm³/mol. The standard InChI is InChI=1S/C27H28N6O3/c1-18-5-4-6-20(15-18)30-27(34)33-13-11-32(12-14-33)26-25-22(28-17-29-26)9-8-21(31-25)19-7-10-23(35-2)24(16-19)36-3/h4-10,15-17H,11-14H2,1-3H3,(H,30,34). The zero-order valence-electron chi connectivity index (χ0n) is 20.6. The molecule has 1 saturated heterocycles. The van der Waals surface area contributed by atoms with Crippen molar-refractivity contribution in [2.24, 2.45) is 0 Å². The van der Waals surface area contributed by atoms with E-state index in [0.29, 0.717) is 37.7 Å². The maximum absolute atomic E-state index is 12.8. The largest absolute Gasteiger partial charge is 0.493 e. The van der Waals surface area contributed by atoms with Gasteiger partial charge in [0.15, 0.2) is 17.3 Å². The van der Waals surface area contributed by atoms with Crippen molar-refractivity contribution < 1.29 is 14.3 Å². The Kier molecular flexibility index (Phi) is 6.53. The summed E-state index contributed by atoms with van der Waals surface area (Å²) in [6, 6.07) is 17.3. The average molecular weight is 485 g/mol. The van der Waals surface area contributed by atoms with Crippen LogP contribution in [0.3, 0.4) is 0 Å². The van der Waals surface area contributed by atoms with Crippen molar-refractivity contribution in [1.29, 1.82) is 0 Å². The van der Waals surface area contributed by atoms with Crippen LogP contribution in [0.25, 0.3) is 22.3 Å². The molecule has 2 aromatic heterocycles. The van der Waals surface area contributed by atoms with Crippen LogP contribution in [0.4, 0.5) is 16.3 Å². The SMILES string of the molecule is COc1ccc(-c2ccc3ncnc(N4CCN(C(=O)Nc5cccc(C)c5)CC4)c3n2)cc1OC. The summed E-state index contributed by atoms with van der Waals surface area (Å²) in [6.07, 6.45) is 1.56. The van der Waals surface area contributed by atoms with Gasteiger partial charge in [0, 0.05) is 37.4 Å². The molecular formula is C27H28N6O3. The number of urea groups is 1. The van der Waals surface area contributed by atoms with E-state index in [1.165, 1.54) is 0 Å². The molecule has 2 amide bonds. The Labute approximate surface area is 209 Å². The summed E-state index contributed by atoms with van der Waals surface area (Å²) in [5.41, 5.74) is 5.09. The van der Waals surface area contributed by atoms with E-state index in [2.05, 4.69) is 20.2 Å². The number of anilines is 2. The highest BCUT2D eigenvalue weighted by Gasteiger charge is 2.24. The minimum absolute atomic E-state index is 0.0957. The highest BCUT2D eigenvalue weighted by Crippen LogP contribution is 2.33. The number of benzene rings is 2. The van der Waals surface area contributed by atoms with Gasteiger partial charge < -0.3 is 24.6 Å². The fraction of sp³-hybridized carbons (Fsp3) is 0.259. The van der Waals surface area contributed by atoms with Crippen LogP contribution in [0.15, 0.2) is 60.9 Å². The fourth-order valence-corrected chi connectivity index (χ4v) is 4.36. The number of aryl methyl sites for hydroxylation is 1. The number of fused-ring (bicyclic) bond motifs is 1. The molecule has 1 fully saturated rings. The van der Waals surface area contributed by atoms with Crippen LogP contribution in [-0.2, 0) is 0 Å². The van der Waals surface area contributed by atoms with Crippen molar-refractivity contribution in [3.05, 3.63) is 66.5 Å². The molecule has 36 heavy (non-hydrogen) atoms. The maximum atomic E-state index is 12.8. The van der Waals surface area contributed by atoms with Crippen molar-refractivity contribution in [1.82, 2.24) is 19.9 Å². The van der Waals surface area contributed by atoms with Crippen molar-refractivity contribution in [2.75, 3.05) is 50.6 Å². The molecular weight excluding hydrogens is 456 g/mol. The molecule has 0 spiro atoms. The molecule has 3 heterocycles. The Morgan fingerprint density at radius 1 is 0.917 bits per heavy atom. The average Bonchev–Trinajstić information content (AvgIpc) is 2.92. The summed E-state index contributed by atoms with van der Waals surface area (Å²) in [5, 5.41) is 2.99. The van der Waals surface area contributed by atoms with Crippen LogP contribution in [0, 0.1) is 6.92 Å². The number of hydrogen-bond donors (Lipinski definition) is 1. The molecule has 0 aliphatic carbocycles. The summed E-state index contributed by atoms with van der Waals surface area (Å²) in [7, 11) is 3.23. The summed E-state index contributed by atoms with van der Waals surface area (Å²) < 4.78 is 10.8. The van der Waals surface area contributed by atoms with Crippen molar-refractivity contribution >= 4 is 28.6 Å². The first-order valence-corrected chi connectivity index (χ1v) is 11.8. The van der Waals surface area contributed by atoms with Crippen LogP contribution in [0.5, 0.6) is 11.5 Å². The molecule has 184 valence electrons. The van der Waals surface area contributed by atoms with E-state index in [9.17, 15) is 4.79 Å². The molecule has 0 unspecified atom stereocenters. The summed E-state index contributed by atoms with van der Waals surface area (Å²) in [6.45, 7) is 4.47. The monoisotopic (exact) mass is 484 g/mol. The second kappa shape index (κ2) is 10.1. The lowest BCUT2D eigenvalue weighted by molar-refractivity contribution is 0.208. The minimum atomic E-state index is -0.0957. The van der Waals surface area contributed by atoms with E-state index in [0.717, 1.165) is 39.4 Å². The third-order valence-corrected chi connectivity index (χ3v) is 6.28. The van der Waals surface area contributed by atoms with E-state index in [1.807, 2.05) is 66.4 Å².